The Balaban J connectivity index is 2.28. The SMILES string of the molecule is Cc1nc(CNc2ccc(S(C)(=O)=O)cc2[N+](=O)[O-])oc1C. The first-order valence-corrected chi connectivity index (χ1v) is 8.23. The van der Waals surface area contributed by atoms with Gasteiger partial charge in [-0.05, 0) is 26.0 Å². The Morgan fingerprint density at radius 2 is 2.05 bits per heavy atom. The molecule has 0 atom stereocenters. The molecule has 0 amide bonds. The summed E-state index contributed by atoms with van der Waals surface area (Å²) in [7, 11) is -3.51. The van der Waals surface area contributed by atoms with E-state index in [1.54, 1.807) is 13.8 Å². The van der Waals surface area contributed by atoms with Gasteiger partial charge in [-0.3, -0.25) is 10.1 Å². The number of benzene rings is 1. The Labute approximate surface area is 127 Å². The van der Waals surface area contributed by atoms with Crippen LogP contribution in [0.1, 0.15) is 17.3 Å². The van der Waals surface area contributed by atoms with Gasteiger partial charge in [0.15, 0.2) is 9.84 Å². The van der Waals surface area contributed by atoms with Crippen LogP contribution in [-0.4, -0.2) is 24.6 Å². The number of aryl methyl sites for hydroxylation is 2. The van der Waals surface area contributed by atoms with E-state index in [9.17, 15) is 18.5 Å². The third-order valence-electron chi connectivity index (χ3n) is 3.10. The van der Waals surface area contributed by atoms with Crippen molar-refractivity contribution in [2.75, 3.05) is 11.6 Å². The van der Waals surface area contributed by atoms with Gasteiger partial charge in [0.1, 0.15) is 11.4 Å². The smallest absolute Gasteiger partial charge is 0.293 e. The van der Waals surface area contributed by atoms with Gasteiger partial charge in [-0.25, -0.2) is 13.4 Å². The van der Waals surface area contributed by atoms with Crippen LogP contribution >= 0.6 is 0 Å². The summed E-state index contributed by atoms with van der Waals surface area (Å²) in [5.74, 6) is 1.08. The summed E-state index contributed by atoms with van der Waals surface area (Å²) in [6, 6.07) is 3.71. The van der Waals surface area contributed by atoms with E-state index in [2.05, 4.69) is 10.3 Å². The fourth-order valence-corrected chi connectivity index (χ4v) is 2.47. The number of nitrogens with zero attached hydrogens (tertiary/aromatic N) is 2. The maximum atomic E-state index is 11.5. The first-order chi connectivity index (χ1) is 10.2. The second-order valence-electron chi connectivity index (χ2n) is 4.81. The number of hydrogen-bond acceptors (Lipinski definition) is 7. The molecule has 1 aromatic carbocycles. The zero-order valence-corrected chi connectivity index (χ0v) is 13.1. The van der Waals surface area contributed by atoms with Crippen LogP contribution in [0.2, 0.25) is 0 Å². The lowest BCUT2D eigenvalue weighted by atomic mass is 10.2. The number of oxazole rings is 1. The number of nitrogens with one attached hydrogen (secondary N) is 1. The van der Waals surface area contributed by atoms with Gasteiger partial charge in [0.25, 0.3) is 5.69 Å². The van der Waals surface area contributed by atoms with Crippen molar-refractivity contribution in [2.45, 2.75) is 25.3 Å². The molecule has 9 heteroatoms. The van der Waals surface area contributed by atoms with Gasteiger partial charge in [-0.1, -0.05) is 0 Å². The van der Waals surface area contributed by atoms with E-state index in [0.717, 1.165) is 18.0 Å². The Kier molecular flexibility index (Phi) is 4.18. The lowest BCUT2D eigenvalue weighted by molar-refractivity contribution is -0.384. The number of rotatable bonds is 5. The van der Waals surface area contributed by atoms with Gasteiger partial charge in [0.2, 0.25) is 5.89 Å². The Morgan fingerprint density at radius 3 is 2.55 bits per heavy atom. The molecule has 1 aromatic heterocycles. The molecular formula is C13H15N3O5S. The van der Waals surface area contributed by atoms with E-state index >= 15 is 0 Å². The molecule has 0 fully saturated rings. The van der Waals surface area contributed by atoms with Gasteiger partial charge >= 0.3 is 0 Å². The normalized spacial score (nSPS) is 11.4. The number of aromatic nitrogens is 1. The summed E-state index contributed by atoms with van der Waals surface area (Å²) < 4.78 is 28.3. The monoisotopic (exact) mass is 325 g/mol. The summed E-state index contributed by atoms with van der Waals surface area (Å²) >= 11 is 0. The van der Waals surface area contributed by atoms with Crippen LogP contribution in [0.25, 0.3) is 0 Å². The highest BCUT2D eigenvalue weighted by Gasteiger charge is 2.19. The first kappa shape index (κ1) is 16.0. The Bertz CT molecular complexity index is 807. The van der Waals surface area contributed by atoms with Crippen LogP contribution in [0.3, 0.4) is 0 Å². The van der Waals surface area contributed by atoms with E-state index in [0.29, 0.717) is 11.7 Å². The fraction of sp³-hybridized carbons (Fsp3) is 0.308. The molecule has 0 unspecified atom stereocenters. The summed E-state index contributed by atoms with van der Waals surface area (Å²) in [5, 5.41) is 13.9. The average molecular weight is 325 g/mol. The van der Waals surface area contributed by atoms with Crippen LogP contribution in [0.15, 0.2) is 27.5 Å². The van der Waals surface area contributed by atoms with Crippen molar-refractivity contribution in [3.63, 3.8) is 0 Å². The molecule has 0 aliphatic rings. The molecule has 0 aliphatic heterocycles. The van der Waals surface area contributed by atoms with Crippen LogP contribution in [0, 0.1) is 24.0 Å². The highest BCUT2D eigenvalue weighted by molar-refractivity contribution is 7.90. The number of anilines is 1. The van der Waals surface area contributed by atoms with E-state index in [-0.39, 0.29) is 22.8 Å². The topological polar surface area (TPSA) is 115 Å². The molecule has 2 aromatic rings. The highest BCUT2D eigenvalue weighted by Crippen LogP contribution is 2.28. The van der Waals surface area contributed by atoms with Crippen LogP contribution in [0.4, 0.5) is 11.4 Å². The molecule has 1 N–H and O–H groups in total. The Hall–Kier alpha value is -2.42. The summed E-state index contributed by atoms with van der Waals surface area (Å²) in [6.07, 6.45) is 0.998. The van der Waals surface area contributed by atoms with Crippen LogP contribution < -0.4 is 5.32 Å². The summed E-state index contributed by atoms with van der Waals surface area (Å²) in [6.45, 7) is 3.73. The zero-order valence-electron chi connectivity index (χ0n) is 12.3. The third kappa shape index (κ3) is 3.42. The van der Waals surface area contributed by atoms with E-state index < -0.39 is 14.8 Å². The Morgan fingerprint density at radius 1 is 1.36 bits per heavy atom. The van der Waals surface area contributed by atoms with Crippen molar-refractivity contribution in [2.24, 2.45) is 0 Å². The van der Waals surface area contributed by atoms with E-state index in [1.807, 2.05) is 0 Å². The second-order valence-corrected chi connectivity index (χ2v) is 6.83. The van der Waals surface area contributed by atoms with Crippen LogP contribution in [0.5, 0.6) is 0 Å². The molecule has 22 heavy (non-hydrogen) atoms. The highest BCUT2D eigenvalue weighted by atomic mass is 32.2. The molecule has 0 aliphatic carbocycles. The van der Waals surface area contributed by atoms with Crippen LogP contribution in [-0.2, 0) is 16.4 Å². The molecule has 1 heterocycles. The number of nitro groups is 1. The van der Waals surface area contributed by atoms with Crippen molar-refractivity contribution < 1.29 is 17.8 Å². The quantitative estimate of drug-likeness (QED) is 0.662. The number of sulfone groups is 1. The molecule has 8 nitrogen and oxygen atoms in total. The molecule has 118 valence electrons. The fourth-order valence-electron chi connectivity index (χ4n) is 1.83. The maximum absolute atomic E-state index is 11.5. The van der Waals surface area contributed by atoms with Gasteiger partial charge in [-0.2, -0.15) is 0 Å². The molecule has 0 radical (unpaired) electrons. The van der Waals surface area contributed by atoms with Crippen molar-refractivity contribution in [3.05, 3.63) is 45.7 Å². The minimum Gasteiger partial charge on any atom is -0.444 e. The predicted octanol–water partition coefficient (Wildman–Crippen LogP) is 2.22. The predicted molar refractivity (Wildman–Crippen MR) is 79.5 cm³/mol. The summed E-state index contributed by atoms with van der Waals surface area (Å²) in [4.78, 5) is 14.5. The van der Waals surface area contributed by atoms with Crippen molar-refractivity contribution in [1.82, 2.24) is 4.98 Å². The van der Waals surface area contributed by atoms with Gasteiger partial charge in [0, 0.05) is 12.3 Å². The maximum Gasteiger partial charge on any atom is 0.293 e. The molecule has 0 saturated heterocycles. The number of hydrogen-bond donors (Lipinski definition) is 1. The minimum absolute atomic E-state index is 0.104. The van der Waals surface area contributed by atoms with Gasteiger partial charge in [-0.15, -0.1) is 0 Å². The minimum atomic E-state index is -3.51. The molecule has 0 saturated carbocycles. The third-order valence-corrected chi connectivity index (χ3v) is 4.21. The lowest BCUT2D eigenvalue weighted by Crippen LogP contribution is -2.05. The summed E-state index contributed by atoms with van der Waals surface area (Å²) in [5.41, 5.74) is 0.632. The zero-order chi connectivity index (χ0) is 16.5. The van der Waals surface area contributed by atoms with Gasteiger partial charge in [0.05, 0.1) is 22.1 Å². The van der Waals surface area contributed by atoms with Gasteiger partial charge < -0.3 is 9.73 Å². The second kappa shape index (κ2) is 5.76. The van der Waals surface area contributed by atoms with Crippen molar-refractivity contribution >= 4 is 21.2 Å². The van der Waals surface area contributed by atoms with Crippen molar-refractivity contribution in [1.29, 1.82) is 0 Å². The van der Waals surface area contributed by atoms with E-state index in [1.165, 1.54) is 12.1 Å². The molecule has 0 spiro atoms. The standard InChI is InChI=1S/C13H15N3O5S/c1-8-9(2)21-13(15-8)7-14-11-5-4-10(22(3,19)20)6-12(11)16(17)18/h4-6,14H,7H2,1-3H3. The molecular weight excluding hydrogens is 310 g/mol. The average Bonchev–Trinajstić information content (AvgIpc) is 2.74. The molecule has 2 rings (SSSR count). The lowest BCUT2D eigenvalue weighted by Gasteiger charge is -2.06. The largest absolute Gasteiger partial charge is 0.444 e. The first-order valence-electron chi connectivity index (χ1n) is 6.34. The molecule has 0 bridgehead atoms. The number of nitro benzene ring substituents is 1. The van der Waals surface area contributed by atoms with Crippen molar-refractivity contribution in [3.8, 4) is 0 Å². The van der Waals surface area contributed by atoms with E-state index in [4.69, 9.17) is 4.42 Å².